The minimum Gasteiger partial charge on any atom is -0.456 e. The number of nitrogens with one attached hydrogen (secondary N) is 1. The van der Waals surface area contributed by atoms with Crippen molar-refractivity contribution in [3.05, 3.63) is 29.9 Å². The Labute approximate surface area is 76.6 Å². The van der Waals surface area contributed by atoms with Crippen LogP contribution in [0.15, 0.2) is 18.5 Å². The molecular weight excluding hydrogens is 168 g/mol. The Kier molecular flexibility index (Phi) is 2.84. The summed E-state index contributed by atoms with van der Waals surface area (Å²) >= 11 is 0. The summed E-state index contributed by atoms with van der Waals surface area (Å²) in [6.07, 6.45) is 1.57. The highest BCUT2D eigenvalue weighted by molar-refractivity contribution is 5.86. The van der Waals surface area contributed by atoms with Crippen LogP contribution in [-0.2, 0) is 16.1 Å². The van der Waals surface area contributed by atoms with E-state index in [-0.39, 0.29) is 12.6 Å². The van der Waals surface area contributed by atoms with Gasteiger partial charge in [-0.3, -0.25) is 0 Å². The van der Waals surface area contributed by atoms with E-state index < -0.39 is 0 Å². The number of hydrogen-bond donors (Lipinski definition) is 1. The monoisotopic (exact) mass is 180 g/mol. The van der Waals surface area contributed by atoms with E-state index in [9.17, 15) is 4.79 Å². The molecule has 0 saturated carbocycles. The van der Waals surface area contributed by atoms with Crippen LogP contribution in [0.3, 0.4) is 0 Å². The van der Waals surface area contributed by atoms with Gasteiger partial charge in [-0.1, -0.05) is 6.58 Å². The maximum absolute atomic E-state index is 11.0. The summed E-state index contributed by atoms with van der Waals surface area (Å²) in [5.74, 6) is -0.387. The normalized spacial score (nSPS) is 9.69. The second kappa shape index (κ2) is 3.89. The van der Waals surface area contributed by atoms with Crippen LogP contribution in [0.5, 0.6) is 0 Å². The average molecular weight is 180 g/mol. The number of aromatic nitrogens is 2. The minimum absolute atomic E-state index is 0.195. The minimum atomic E-state index is -0.387. The zero-order valence-electron chi connectivity index (χ0n) is 7.76. The predicted molar refractivity (Wildman–Crippen MR) is 47.9 cm³/mol. The second-order valence-corrected chi connectivity index (χ2v) is 2.83. The SMILES string of the molecule is C=C(C)C(=O)OCc1nc[nH]c1C. The lowest BCUT2D eigenvalue weighted by Crippen LogP contribution is -2.05. The standard InChI is InChI=1S/C9H12N2O2/c1-6(2)9(12)13-4-8-7(3)10-5-11-8/h5H,1,4H2,2-3H3,(H,10,11). The van der Waals surface area contributed by atoms with E-state index in [1.54, 1.807) is 13.3 Å². The number of ether oxygens (including phenoxy) is 1. The highest BCUT2D eigenvalue weighted by Gasteiger charge is 2.06. The van der Waals surface area contributed by atoms with E-state index in [0.717, 1.165) is 11.4 Å². The topological polar surface area (TPSA) is 55.0 Å². The molecule has 1 heterocycles. The van der Waals surface area contributed by atoms with E-state index in [0.29, 0.717) is 5.57 Å². The zero-order chi connectivity index (χ0) is 9.84. The summed E-state index contributed by atoms with van der Waals surface area (Å²) in [6, 6.07) is 0. The predicted octanol–water partition coefficient (Wildman–Crippen LogP) is 1.34. The Balaban J connectivity index is 2.48. The molecule has 4 heteroatoms. The number of nitrogens with zero attached hydrogens (tertiary/aromatic N) is 1. The third-order valence-corrected chi connectivity index (χ3v) is 1.62. The maximum atomic E-state index is 11.0. The van der Waals surface area contributed by atoms with Gasteiger partial charge in [-0.25, -0.2) is 9.78 Å². The lowest BCUT2D eigenvalue weighted by Gasteiger charge is -2.01. The van der Waals surface area contributed by atoms with Crippen LogP contribution in [0.2, 0.25) is 0 Å². The Morgan fingerprint density at radius 2 is 2.46 bits per heavy atom. The molecule has 1 N–H and O–H groups in total. The summed E-state index contributed by atoms with van der Waals surface area (Å²) in [5, 5.41) is 0. The quantitative estimate of drug-likeness (QED) is 0.564. The Hall–Kier alpha value is -1.58. The number of aromatic amines is 1. The smallest absolute Gasteiger partial charge is 0.333 e. The lowest BCUT2D eigenvalue weighted by atomic mass is 10.3. The van der Waals surface area contributed by atoms with Crippen LogP contribution < -0.4 is 0 Å². The molecule has 1 aromatic rings. The van der Waals surface area contributed by atoms with Crippen LogP contribution in [0.1, 0.15) is 18.3 Å². The highest BCUT2D eigenvalue weighted by atomic mass is 16.5. The van der Waals surface area contributed by atoms with Crippen LogP contribution >= 0.6 is 0 Å². The fraction of sp³-hybridized carbons (Fsp3) is 0.333. The van der Waals surface area contributed by atoms with Crippen molar-refractivity contribution >= 4 is 5.97 Å². The van der Waals surface area contributed by atoms with Crippen molar-refractivity contribution in [1.82, 2.24) is 9.97 Å². The van der Waals surface area contributed by atoms with E-state index >= 15 is 0 Å². The maximum Gasteiger partial charge on any atom is 0.333 e. The Morgan fingerprint density at radius 1 is 1.77 bits per heavy atom. The van der Waals surface area contributed by atoms with Crippen molar-refractivity contribution in [2.75, 3.05) is 0 Å². The van der Waals surface area contributed by atoms with Gasteiger partial charge in [0, 0.05) is 11.3 Å². The summed E-state index contributed by atoms with van der Waals surface area (Å²) in [6.45, 7) is 7.15. The van der Waals surface area contributed by atoms with Crippen molar-refractivity contribution < 1.29 is 9.53 Å². The summed E-state index contributed by atoms with van der Waals surface area (Å²) < 4.78 is 4.91. The van der Waals surface area contributed by atoms with Gasteiger partial charge in [0.25, 0.3) is 0 Å². The number of aryl methyl sites for hydroxylation is 1. The molecule has 70 valence electrons. The number of carbonyl (C=O) groups is 1. The number of carbonyl (C=O) groups excluding carboxylic acids is 1. The van der Waals surface area contributed by atoms with E-state index in [1.165, 1.54) is 0 Å². The van der Waals surface area contributed by atoms with Crippen molar-refractivity contribution in [2.45, 2.75) is 20.5 Å². The van der Waals surface area contributed by atoms with E-state index in [2.05, 4.69) is 16.5 Å². The highest BCUT2D eigenvalue weighted by Crippen LogP contribution is 2.03. The molecule has 0 saturated heterocycles. The number of H-pyrrole nitrogens is 1. The first kappa shape index (κ1) is 9.51. The van der Waals surface area contributed by atoms with Gasteiger partial charge in [0.1, 0.15) is 6.61 Å². The van der Waals surface area contributed by atoms with Gasteiger partial charge in [-0.2, -0.15) is 0 Å². The summed E-state index contributed by atoms with van der Waals surface area (Å²) in [7, 11) is 0. The van der Waals surface area contributed by atoms with Gasteiger partial charge < -0.3 is 9.72 Å². The number of hydrogen-bond acceptors (Lipinski definition) is 3. The van der Waals surface area contributed by atoms with Crippen molar-refractivity contribution in [1.29, 1.82) is 0 Å². The summed E-state index contributed by atoms with van der Waals surface area (Å²) in [5.41, 5.74) is 2.05. The number of esters is 1. The molecule has 0 bridgehead atoms. The molecule has 13 heavy (non-hydrogen) atoms. The molecule has 0 radical (unpaired) electrons. The molecule has 0 aliphatic carbocycles. The Morgan fingerprint density at radius 3 is 2.92 bits per heavy atom. The molecule has 0 aliphatic rings. The van der Waals surface area contributed by atoms with Crippen molar-refractivity contribution in [3.8, 4) is 0 Å². The number of imidazole rings is 1. The summed E-state index contributed by atoms with van der Waals surface area (Å²) in [4.78, 5) is 17.9. The third kappa shape index (κ3) is 2.43. The lowest BCUT2D eigenvalue weighted by molar-refractivity contribution is -0.140. The average Bonchev–Trinajstić information content (AvgIpc) is 2.47. The first-order chi connectivity index (χ1) is 6.11. The fourth-order valence-electron chi connectivity index (χ4n) is 0.790. The molecule has 0 aliphatic heterocycles. The van der Waals surface area contributed by atoms with Crippen LogP contribution in [0.25, 0.3) is 0 Å². The van der Waals surface area contributed by atoms with Crippen LogP contribution in [-0.4, -0.2) is 15.9 Å². The molecule has 0 fully saturated rings. The van der Waals surface area contributed by atoms with Gasteiger partial charge in [0.05, 0.1) is 12.0 Å². The zero-order valence-corrected chi connectivity index (χ0v) is 7.76. The van der Waals surface area contributed by atoms with Gasteiger partial charge in [0.15, 0.2) is 0 Å². The van der Waals surface area contributed by atoms with Gasteiger partial charge >= 0.3 is 5.97 Å². The van der Waals surface area contributed by atoms with Crippen LogP contribution in [0, 0.1) is 6.92 Å². The van der Waals surface area contributed by atoms with E-state index in [4.69, 9.17) is 4.74 Å². The van der Waals surface area contributed by atoms with Crippen molar-refractivity contribution in [2.24, 2.45) is 0 Å². The van der Waals surface area contributed by atoms with Gasteiger partial charge in [-0.05, 0) is 13.8 Å². The first-order valence-electron chi connectivity index (χ1n) is 3.92. The molecule has 1 aromatic heterocycles. The van der Waals surface area contributed by atoms with Gasteiger partial charge in [-0.15, -0.1) is 0 Å². The second-order valence-electron chi connectivity index (χ2n) is 2.83. The molecular formula is C9H12N2O2. The number of rotatable bonds is 3. The van der Waals surface area contributed by atoms with Gasteiger partial charge in [0.2, 0.25) is 0 Å². The molecule has 0 aromatic carbocycles. The van der Waals surface area contributed by atoms with Crippen molar-refractivity contribution in [3.63, 3.8) is 0 Å². The molecule has 0 spiro atoms. The molecule has 0 atom stereocenters. The molecule has 1 rings (SSSR count). The largest absolute Gasteiger partial charge is 0.456 e. The third-order valence-electron chi connectivity index (χ3n) is 1.62. The molecule has 0 amide bonds. The first-order valence-corrected chi connectivity index (χ1v) is 3.92. The van der Waals surface area contributed by atoms with E-state index in [1.807, 2.05) is 6.92 Å². The molecule has 4 nitrogen and oxygen atoms in total. The fourth-order valence-corrected chi connectivity index (χ4v) is 0.790. The Bertz CT molecular complexity index is 328. The van der Waals surface area contributed by atoms with Crippen LogP contribution in [0.4, 0.5) is 0 Å². The molecule has 0 unspecified atom stereocenters.